The molecule has 0 bridgehead atoms. The van der Waals surface area contributed by atoms with Crippen LogP contribution in [0, 0.1) is 12.8 Å². The highest BCUT2D eigenvalue weighted by Crippen LogP contribution is 2.24. The number of fused-ring (bicyclic) bond motifs is 1. The third kappa shape index (κ3) is 2.00. The number of ether oxygens (including phenoxy) is 1. The molecule has 1 aliphatic heterocycles. The molecular weight excluding hydrogens is 246 g/mol. The lowest BCUT2D eigenvalue weighted by atomic mass is 10.1. The fourth-order valence-electron chi connectivity index (χ4n) is 2.46. The number of rotatable bonds is 2. The summed E-state index contributed by atoms with van der Waals surface area (Å²) in [5.41, 5.74) is 0.886. The van der Waals surface area contributed by atoms with Crippen molar-refractivity contribution < 1.29 is 9.53 Å². The molecule has 0 amide bonds. The zero-order valence-electron chi connectivity index (χ0n) is 10.9. The lowest BCUT2D eigenvalue weighted by molar-refractivity contribution is -0.144. The molecule has 1 atom stereocenters. The molecule has 0 saturated carbocycles. The highest BCUT2D eigenvalue weighted by molar-refractivity contribution is 5.74. The van der Waals surface area contributed by atoms with Crippen molar-refractivity contribution in [1.29, 1.82) is 0 Å². The van der Waals surface area contributed by atoms with Crippen LogP contribution in [0.4, 0.5) is 5.82 Å². The summed E-state index contributed by atoms with van der Waals surface area (Å²) in [5.74, 6) is 1.28. The lowest BCUT2D eigenvalue weighted by Crippen LogP contribution is -2.25. The first-order valence-electron chi connectivity index (χ1n) is 6.19. The van der Waals surface area contributed by atoms with Crippen molar-refractivity contribution in [2.45, 2.75) is 13.3 Å². The van der Waals surface area contributed by atoms with Crippen molar-refractivity contribution in [1.82, 2.24) is 19.6 Å². The Balaban J connectivity index is 1.93. The highest BCUT2D eigenvalue weighted by Gasteiger charge is 2.30. The molecule has 1 aliphatic rings. The Kier molecular flexibility index (Phi) is 2.81. The van der Waals surface area contributed by atoms with E-state index in [-0.39, 0.29) is 11.9 Å². The maximum Gasteiger partial charge on any atom is 0.310 e. The van der Waals surface area contributed by atoms with E-state index in [1.54, 1.807) is 4.52 Å². The second kappa shape index (κ2) is 4.49. The van der Waals surface area contributed by atoms with Crippen molar-refractivity contribution in [3.05, 3.63) is 18.1 Å². The summed E-state index contributed by atoms with van der Waals surface area (Å²) in [7, 11) is 1.43. The van der Waals surface area contributed by atoms with E-state index in [1.807, 2.05) is 13.0 Å². The summed E-state index contributed by atoms with van der Waals surface area (Å²) in [5, 5.41) is 4.18. The van der Waals surface area contributed by atoms with Crippen molar-refractivity contribution in [3.63, 3.8) is 0 Å². The van der Waals surface area contributed by atoms with Gasteiger partial charge in [0.25, 0.3) is 5.78 Å². The molecule has 7 nitrogen and oxygen atoms in total. The normalized spacial score (nSPS) is 19.1. The second-order valence-electron chi connectivity index (χ2n) is 4.68. The van der Waals surface area contributed by atoms with E-state index in [1.165, 1.54) is 13.4 Å². The zero-order chi connectivity index (χ0) is 13.4. The summed E-state index contributed by atoms with van der Waals surface area (Å²) in [6.45, 7) is 3.37. The Morgan fingerprint density at radius 2 is 2.37 bits per heavy atom. The van der Waals surface area contributed by atoms with E-state index in [2.05, 4.69) is 20.0 Å². The van der Waals surface area contributed by atoms with Crippen molar-refractivity contribution in [2.24, 2.45) is 5.92 Å². The van der Waals surface area contributed by atoms with Gasteiger partial charge in [-0.2, -0.15) is 14.6 Å². The van der Waals surface area contributed by atoms with Gasteiger partial charge in [0.1, 0.15) is 12.1 Å². The Labute approximate surface area is 110 Å². The van der Waals surface area contributed by atoms with Gasteiger partial charge in [-0.3, -0.25) is 4.79 Å². The lowest BCUT2D eigenvalue weighted by Gasteiger charge is -2.19. The molecule has 1 fully saturated rings. The van der Waals surface area contributed by atoms with Crippen LogP contribution in [0.1, 0.15) is 12.1 Å². The summed E-state index contributed by atoms with van der Waals surface area (Å²) in [6.07, 6.45) is 2.28. The molecule has 0 N–H and O–H groups in total. The smallest absolute Gasteiger partial charge is 0.310 e. The number of hydrogen-bond donors (Lipinski definition) is 0. The molecule has 2 aromatic rings. The van der Waals surface area contributed by atoms with Gasteiger partial charge in [-0.1, -0.05) is 0 Å². The minimum Gasteiger partial charge on any atom is -0.469 e. The maximum atomic E-state index is 11.6. The third-order valence-corrected chi connectivity index (χ3v) is 3.41. The SMILES string of the molecule is COC(=O)C1CCN(c2cc(C)nc3ncnn23)C1. The fourth-order valence-corrected chi connectivity index (χ4v) is 2.46. The van der Waals surface area contributed by atoms with Gasteiger partial charge in [0.05, 0.1) is 13.0 Å². The van der Waals surface area contributed by atoms with Crippen LogP contribution in [0.15, 0.2) is 12.4 Å². The summed E-state index contributed by atoms with van der Waals surface area (Å²) < 4.78 is 6.50. The van der Waals surface area contributed by atoms with Crippen LogP contribution in [0.2, 0.25) is 0 Å². The average molecular weight is 261 g/mol. The van der Waals surface area contributed by atoms with Crippen molar-refractivity contribution in [3.8, 4) is 0 Å². The van der Waals surface area contributed by atoms with Gasteiger partial charge < -0.3 is 9.64 Å². The molecule has 3 heterocycles. The van der Waals surface area contributed by atoms with Crippen molar-refractivity contribution >= 4 is 17.6 Å². The van der Waals surface area contributed by atoms with E-state index < -0.39 is 0 Å². The van der Waals surface area contributed by atoms with Crippen LogP contribution in [0.5, 0.6) is 0 Å². The average Bonchev–Trinajstić information content (AvgIpc) is 3.05. The molecule has 0 radical (unpaired) electrons. The Morgan fingerprint density at radius 1 is 1.53 bits per heavy atom. The van der Waals surface area contributed by atoms with Crippen LogP contribution >= 0.6 is 0 Å². The van der Waals surface area contributed by atoms with E-state index in [9.17, 15) is 4.79 Å². The number of nitrogens with zero attached hydrogens (tertiary/aromatic N) is 5. The number of hydrogen-bond acceptors (Lipinski definition) is 6. The predicted molar refractivity (Wildman–Crippen MR) is 67.9 cm³/mol. The minimum atomic E-state index is -0.150. The summed E-state index contributed by atoms with van der Waals surface area (Å²) >= 11 is 0. The van der Waals surface area contributed by atoms with Crippen molar-refractivity contribution in [2.75, 3.05) is 25.1 Å². The van der Waals surface area contributed by atoms with Gasteiger partial charge in [-0.25, -0.2) is 4.98 Å². The molecule has 0 aromatic carbocycles. The molecule has 3 rings (SSSR count). The first-order valence-corrected chi connectivity index (χ1v) is 6.19. The van der Waals surface area contributed by atoms with Crippen LogP contribution in [-0.2, 0) is 9.53 Å². The number of methoxy groups -OCH3 is 1. The summed E-state index contributed by atoms with van der Waals surface area (Å²) in [4.78, 5) is 22.1. The largest absolute Gasteiger partial charge is 0.469 e. The Hall–Kier alpha value is -2.18. The first kappa shape index (κ1) is 11.9. The molecule has 100 valence electrons. The van der Waals surface area contributed by atoms with Gasteiger partial charge >= 0.3 is 5.97 Å². The quantitative estimate of drug-likeness (QED) is 0.730. The number of anilines is 1. The Morgan fingerprint density at radius 3 is 3.16 bits per heavy atom. The monoisotopic (exact) mass is 261 g/mol. The zero-order valence-corrected chi connectivity index (χ0v) is 10.9. The molecule has 19 heavy (non-hydrogen) atoms. The number of aryl methyl sites for hydroxylation is 1. The van der Waals surface area contributed by atoms with E-state index >= 15 is 0 Å². The van der Waals surface area contributed by atoms with Gasteiger partial charge in [0.2, 0.25) is 0 Å². The molecule has 1 saturated heterocycles. The van der Waals surface area contributed by atoms with Gasteiger partial charge in [0.15, 0.2) is 0 Å². The molecule has 2 aromatic heterocycles. The Bertz CT molecular complexity index is 624. The highest BCUT2D eigenvalue weighted by atomic mass is 16.5. The van der Waals surface area contributed by atoms with Crippen LogP contribution < -0.4 is 4.90 Å². The first-order chi connectivity index (χ1) is 9.19. The van der Waals surface area contributed by atoms with Gasteiger partial charge in [0, 0.05) is 24.8 Å². The van der Waals surface area contributed by atoms with Gasteiger partial charge in [-0.05, 0) is 13.3 Å². The van der Waals surface area contributed by atoms with Crippen LogP contribution in [-0.4, -0.2) is 45.8 Å². The standard InChI is InChI=1S/C12H15N5O2/c1-8-5-10(17-12(15-8)13-7-14-17)16-4-3-9(6-16)11(18)19-2/h5,7,9H,3-4,6H2,1-2H3. The topological polar surface area (TPSA) is 72.6 Å². The number of carbonyl (C=O) groups is 1. The fraction of sp³-hybridized carbons (Fsp3) is 0.500. The second-order valence-corrected chi connectivity index (χ2v) is 4.68. The molecule has 0 spiro atoms. The maximum absolute atomic E-state index is 11.6. The number of aromatic nitrogens is 4. The minimum absolute atomic E-state index is 0.0722. The van der Waals surface area contributed by atoms with E-state index in [0.29, 0.717) is 12.3 Å². The molecular formula is C12H15N5O2. The van der Waals surface area contributed by atoms with Gasteiger partial charge in [-0.15, -0.1) is 0 Å². The van der Waals surface area contributed by atoms with Crippen LogP contribution in [0.3, 0.4) is 0 Å². The van der Waals surface area contributed by atoms with E-state index in [4.69, 9.17) is 4.74 Å². The third-order valence-electron chi connectivity index (χ3n) is 3.41. The van der Waals surface area contributed by atoms with Crippen LogP contribution in [0.25, 0.3) is 5.78 Å². The number of esters is 1. The molecule has 7 heteroatoms. The number of carbonyl (C=O) groups excluding carboxylic acids is 1. The summed E-state index contributed by atoms with van der Waals surface area (Å²) in [6, 6.07) is 1.96. The molecule has 1 unspecified atom stereocenters. The predicted octanol–water partition coefficient (Wildman–Crippen LogP) is 0.432. The van der Waals surface area contributed by atoms with E-state index in [0.717, 1.165) is 24.5 Å². The molecule has 0 aliphatic carbocycles.